The number of carbonyl (C=O) groups is 5. The average Bonchev–Trinajstić information content (AvgIpc) is 4.29. The largest absolute Gasteiger partial charge is 0.366 e. The maximum absolute atomic E-state index is 15.3. The molecule has 5 aromatic rings. The first-order valence-electron chi connectivity index (χ1n) is 29.1. The van der Waals surface area contributed by atoms with E-state index < -0.39 is 5.41 Å². The number of nitrogens with one attached hydrogen (secondary N) is 2. The van der Waals surface area contributed by atoms with Crippen LogP contribution in [0.5, 0.6) is 0 Å². The highest BCUT2D eigenvalue weighted by atomic mass is 16.2. The molecule has 1 unspecified atom stereocenters. The maximum atomic E-state index is 15.3. The topological polar surface area (TPSA) is 169 Å². The molecule has 3 aromatic heterocycles. The molecule has 16 nitrogen and oxygen atoms in total. The lowest BCUT2D eigenvalue weighted by molar-refractivity contribution is -0.137. The Bertz CT molecular complexity index is 3100. The van der Waals surface area contributed by atoms with Gasteiger partial charge in [0, 0.05) is 98.8 Å². The summed E-state index contributed by atoms with van der Waals surface area (Å²) < 4.78 is 2.20. The van der Waals surface area contributed by atoms with E-state index in [4.69, 9.17) is 9.97 Å². The van der Waals surface area contributed by atoms with Crippen molar-refractivity contribution in [3.63, 3.8) is 0 Å². The van der Waals surface area contributed by atoms with Crippen LogP contribution in [0.1, 0.15) is 155 Å². The molecule has 7 fully saturated rings. The minimum absolute atomic E-state index is 0.0133. The fraction of sp³-hybridized carbons (Fsp3) is 0.541. The fourth-order valence-corrected chi connectivity index (χ4v) is 14.1. The molecule has 5 saturated heterocycles. The third-order valence-electron chi connectivity index (χ3n) is 19.0. The maximum Gasteiger partial charge on any atom is 0.253 e. The Kier molecular flexibility index (Phi) is 13.1. The molecule has 8 aliphatic rings. The van der Waals surface area contributed by atoms with Gasteiger partial charge in [0.1, 0.15) is 11.3 Å². The Morgan fingerprint density at radius 1 is 0.753 bits per heavy atom. The van der Waals surface area contributed by atoms with Crippen LogP contribution in [-0.2, 0) is 24.6 Å². The summed E-state index contributed by atoms with van der Waals surface area (Å²) in [5.74, 6) is 1.54. The number of benzene rings is 2. The van der Waals surface area contributed by atoms with Crippen molar-refractivity contribution in [2.75, 3.05) is 67.5 Å². The molecule has 9 heterocycles. The molecule has 1 spiro atoms. The Balaban J connectivity index is 0.658. The zero-order valence-electron chi connectivity index (χ0n) is 44.8. The predicted octanol–water partition coefficient (Wildman–Crippen LogP) is 8.33. The third kappa shape index (κ3) is 9.35. The normalized spacial score (nSPS) is 24.4. The lowest BCUT2D eigenvalue weighted by atomic mass is 9.73. The first kappa shape index (κ1) is 49.9. The summed E-state index contributed by atoms with van der Waals surface area (Å²) in [5, 5.41) is 6.14. The van der Waals surface area contributed by atoms with Gasteiger partial charge in [-0.2, -0.15) is 0 Å². The number of hydrogen-bond acceptors (Lipinski definition) is 11. The number of nitrogens with zero attached hydrogens (tertiary/aromatic N) is 9. The number of anilines is 3. The van der Waals surface area contributed by atoms with Gasteiger partial charge in [0.05, 0.1) is 28.9 Å². The number of aromatic nitrogens is 4. The van der Waals surface area contributed by atoms with Gasteiger partial charge in [0.15, 0.2) is 5.82 Å². The minimum atomic E-state index is -0.693. The second kappa shape index (κ2) is 20.3. The van der Waals surface area contributed by atoms with Crippen molar-refractivity contribution in [2.24, 2.45) is 5.92 Å². The summed E-state index contributed by atoms with van der Waals surface area (Å²) in [6.07, 6.45) is 16.9. The number of carbonyl (C=O) groups excluding carboxylic acids is 5. The lowest BCUT2D eigenvalue weighted by Gasteiger charge is -2.48. The van der Waals surface area contributed by atoms with Gasteiger partial charge in [-0.1, -0.05) is 36.8 Å². The minimum Gasteiger partial charge on any atom is -0.366 e. The smallest absolute Gasteiger partial charge is 0.253 e. The predicted molar refractivity (Wildman–Crippen MR) is 296 cm³/mol. The standard InChI is InChI=1S/C61H73N11O5/c1-38(2)71-37-63-51-35-50(65-56(55(51)71)64-45-11-12-45)42-9-14-49-52(32-42)72(47-33-46(34-47)67-23-4-3-5-24-67)60(77)61(49)21-29-70(30-22-61)59(76)43-8-6-7-41(31-43)39-17-27-69(28-18-39)58(75)40-19-25-68(26-20-40)53-15-10-44(36-62-53)48-13-16-54(73)66-57(48)74/h6-10,14-15,31-32,35-40,45-48H,3-5,11-13,16-30,33-34H2,1-2H3,(H,64,65)(H,66,73,74). The summed E-state index contributed by atoms with van der Waals surface area (Å²) >= 11 is 0. The van der Waals surface area contributed by atoms with E-state index >= 15 is 4.79 Å². The molecule has 13 rings (SSSR count). The van der Waals surface area contributed by atoms with Crippen molar-refractivity contribution < 1.29 is 24.0 Å². The van der Waals surface area contributed by atoms with Gasteiger partial charge in [-0.3, -0.25) is 29.3 Å². The molecule has 6 aliphatic heterocycles. The number of imidazole rings is 1. The number of likely N-dealkylation sites (tertiary alicyclic amines) is 3. The monoisotopic (exact) mass is 1040 g/mol. The van der Waals surface area contributed by atoms with E-state index in [0.717, 1.165) is 134 Å². The number of fused-ring (bicyclic) bond motifs is 3. The Labute approximate surface area is 451 Å². The molecule has 16 heteroatoms. The van der Waals surface area contributed by atoms with Gasteiger partial charge >= 0.3 is 0 Å². The van der Waals surface area contributed by atoms with Crippen LogP contribution >= 0.6 is 0 Å². The Hall–Kier alpha value is -6.68. The first-order chi connectivity index (χ1) is 37.5. The van der Waals surface area contributed by atoms with E-state index in [9.17, 15) is 19.2 Å². The highest BCUT2D eigenvalue weighted by molar-refractivity contribution is 6.10. The van der Waals surface area contributed by atoms with Gasteiger partial charge in [0.25, 0.3) is 5.91 Å². The molecule has 2 N–H and O–H groups in total. The number of piperidine rings is 5. The molecule has 5 amide bonds. The van der Waals surface area contributed by atoms with Crippen molar-refractivity contribution >= 4 is 57.9 Å². The van der Waals surface area contributed by atoms with Crippen molar-refractivity contribution in [3.05, 3.63) is 95.4 Å². The number of hydrogen-bond donors (Lipinski definition) is 2. The molecule has 2 aromatic carbocycles. The highest BCUT2D eigenvalue weighted by Crippen LogP contribution is 2.52. The third-order valence-corrected chi connectivity index (χ3v) is 19.0. The van der Waals surface area contributed by atoms with Crippen LogP contribution in [-0.4, -0.2) is 134 Å². The van der Waals surface area contributed by atoms with Gasteiger partial charge in [-0.25, -0.2) is 15.0 Å². The van der Waals surface area contributed by atoms with Crippen LogP contribution in [0.4, 0.5) is 17.3 Å². The zero-order valence-corrected chi connectivity index (χ0v) is 44.8. The van der Waals surface area contributed by atoms with Crippen LogP contribution in [0.25, 0.3) is 22.3 Å². The van der Waals surface area contributed by atoms with E-state index in [-0.39, 0.29) is 59.4 Å². The van der Waals surface area contributed by atoms with E-state index in [1.807, 2.05) is 40.4 Å². The van der Waals surface area contributed by atoms with E-state index in [0.29, 0.717) is 69.5 Å². The van der Waals surface area contributed by atoms with Crippen LogP contribution < -0.4 is 20.4 Å². The molecule has 1 atom stereocenters. The van der Waals surface area contributed by atoms with Crippen molar-refractivity contribution in [2.45, 2.75) is 152 Å². The van der Waals surface area contributed by atoms with Crippen LogP contribution in [0.3, 0.4) is 0 Å². The highest BCUT2D eigenvalue weighted by Gasteiger charge is 2.56. The molecular weight excluding hydrogens is 967 g/mol. The summed E-state index contributed by atoms with van der Waals surface area (Å²) in [6.45, 7) is 10.5. The number of imide groups is 1. The van der Waals surface area contributed by atoms with Gasteiger partial charge in [-0.15, -0.1) is 0 Å². The van der Waals surface area contributed by atoms with E-state index in [1.165, 1.54) is 19.3 Å². The number of amides is 5. The Morgan fingerprint density at radius 3 is 2.25 bits per heavy atom. The van der Waals surface area contributed by atoms with E-state index in [2.05, 4.69) is 85.1 Å². The van der Waals surface area contributed by atoms with Crippen LogP contribution in [0.2, 0.25) is 0 Å². The van der Waals surface area contributed by atoms with Crippen molar-refractivity contribution in [1.29, 1.82) is 0 Å². The average molecular weight is 1040 g/mol. The van der Waals surface area contributed by atoms with Crippen LogP contribution in [0.15, 0.2) is 73.2 Å². The molecule has 77 heavy (non-hydrogen) atoms. The van der Waals surface area contributed by atoms with Crippen LogP contribution in [0, 0.1) is 5.92 Å². The second-order valence-corrected chi connectivity index (χ2v) is 24.0. The molecule has 0 bridgehead atoms. The van der Waals surface area contributed by atoms with Gasteiger partial charge in [0.2, 0.25) is 23.6 Å². The zero-order chi connectivity index (χ0) is 52.5. The summed E-state index contributed by atoms with van der Waals surface area (Å²) in [6, 6.07) is 22.0. The molecule has 402 valence electrons. The molecule has 0 radical (unpaired) electrons. The SMILES string of the molecule is CC(C)n1cnc2cc(-c3ccc4c(c3)N(C3CC(N5CCCCC5)C3)C(=O)C43CCN(C(=O)c4cccc(C5CCN(C(=O)C6CCN(c7ccc(C8CCC(=O)NC8=O)cn7)CC6)CC5)c4)CC3)nc(NC3CC3)c21. The molecular formula is C61H73N11O5. The lowest BCUT2D eigenvalue weighted by Crippen LogP contribution is -2.58. The number of rotatable bonds is 11. The second-order valence-electron chi connectivity index (χ2n) is 24.0. The van der Waals surface area contributed by atoms with E-state index in [1.54, 1.807) is 6.20 Å². The Morgan fingerprint density at radius 2 is 1.53 bits per heavy atom. The fourth-order valence-electron chi connectivity index (χ4n) is 14.1. The van der Waals surface area contributed by atoms with Gasteiger partial charge < -0.3 is 34.4 Å². The first-order valence-corrected chi connectivity index (χ1v) is 29.1. The summed E-state index contributed by atoms with van der Waals surface area (Å²) in [4.78, 5) is 93.5. The number of pyridine rings is 2. The van der Waals surface area contributed by atoms with Gasteiger partial charge in [-0.05, 0) is 163 Å². The summed E-state index contributed by atoms with van der Waals surface area (Å²) in [7, 11) is 0. The van der Waals surface area contributed by atoms with Crippen molar-refractivity contribution in [1.82, 2.24) is 39.5 Å². The van der Waals surface area contributed by atoms with Crippen molar-refractivity contribution in [3.8, 4) is 11.3 Å². The quantitative estimate of drug-likeness (QED) is 0.122. The summed E-state index contributed by atoms with van der Waals surface area (Å²) in [5.41, 5.74) is 7.84. The molecule has 2 aliphatic carbocycles. The molecule has 2 saturated carbocycles.